The van der Waals surface area contributed by atoms with Crippen molar-refractivity contribution in [1.82, 2.24) is 24.2 Å². The third-order valence-corrected chi connectivity index (χ3v) is 8.32. The zero-order valence-corrected chi connectivity index (χ0v) is 21.6. The van der Waals surface area contributed by atoms with Gasteiger partial charge in [-0.1, -0.05) is 12.1 Å². The van der Waals surface area contributed by atoms with Gasteiger partial charge in [0.25, 0.3) is 0 Å². The van der Waals surface area contributed by atoms with Crippen LogP contribution in [-0.2, 0) is 21.0 Å². The summed E-state index contributed by atoms with van der Waals surface area (Å²) in [5.41, 5.74) is 0.0566. The van der Waals surface area contributed by atoms with E-state index in [1.165, 1.54) is 36.5 Å². The highest BCUT2D eigenvalue weighted by atomic mass is 32.2. The molecule has 9 nitrogen and oxygen atoms in total. The van der Waals surface area contributed by atoms with E-state index in [0.717, 1.165) is 6.07 Å². The van der Waals surface area contributed by atoms with Crippen molar-refractivity contribution in [3.05, 3.63) is 53.0 Å². The molecular weight excluding hydrogens is 509 g/mol. The van der Waals surface area contributed by atoms with Crippen LogP contribution in [0.5, 0.6) is 0 Å². The van der Waals surface area contributed by atoms with Gasteiger partial charge in [0.15, 0.2) is 5.65 Å². The van der Waals surface area contributed by atoms with E-state index in [9.17, 15) is 26.4 Å². The lowest BCUT2D eigenvalue weighted by molar-refractivity contribution is -0.138. The number of aromatic nitrogens is 3. The minimum atomic E-state index is -4.49. The van der Waals surface area contributed by atoms with Crippen molar-refractivity contribution >= 4 is 32.8 Å². The molecule has 4 rings (SSSR count). The summed E-state index contributed by atoms with van der Waals surface area (Å²) in [6.45, 7) is 7.09. The molecule has 0 saturated carbocycles. The molecule has 2 aromatic heterocycles. The molecule has 1 aliphatic heterocycles. The molecule has 0 radical (unpaired) electrons. The number of amides is 1. The van der Waals surface area contributed by atoms with Crippen LogP contribution in [0.1, 0.15) is 42.4 Å². The minimum absolute atomic E-state index is 0.0605. The van der Waals surface area contributed by atoms with Crippen LogP contribution in [0.15, 0.2) is 35.4 Å². The molecule has 0 unspecified atom stereocenters. The number of piperazine rings is 1. The number of hydrogen-bond acceptors (Lipinski definition) is 7. The summed E-state index contributed by atoms with van der Waals surface area (Å²) in [5, 5.41) is 3.45. The number of nitrogens with one attached hydrogen (secondary N) is 1. The first kappa shape index (κ1) is 26.7. The zero-order valence-electron chi connectivity index (χ0n) is 20.8. The SMILES string of the molecule is CC(=O)N1CCN(S(=O)(=O)c2cnc3nc(C)nc(N[C@H](C)c4cccc(C(F)(F)F)c4C)c3c2)CC1. The summed E-state index contributed by atoms with van der Waals surface area (Å²) >= 11 is 0. The van der Waals surface area contributed by atoms with Crippen molar-refractivity contribution in [3.8, 4) is 0 Å². The van der Waals surface area contributed by atoms with Crippen LogP contribution >= 0.6 is 0 Å². The van der Waals surface area contributed by atoms with E-state index in [4.69, 9.17) is 0 Å². The first-order valence-corrected chi connectivity index (χ1v) is 13.1. The number of pyridine rings is 1. The Morgan fingerprint density at radius 2 is 1.78 bits per heavy atom. The average Bonchev–Trinajstić information content (AvgIpc) is 2.83. The number of halogens is 3. The predicted molar refractivity (Wildman–Crippen MR) is 131 cm³/mol. The highest BCUT2D eigenvalue weighted by molar-refractivity contribution is 7.89. The lowest BCUT2D eigenvalue weighted by Crippen LogP contribution is -2.49. The van der Waals surface area contributed by atoms with Crippen LogP contribution in [0.2, 0.25) is 0 Å². The van der Waals surface area contributed by atoms with Crippen molar-refractivity contribution < 1.29 is 26.4 Å². The third-order valence-electron chi connectivity index (χ3n) is 6.46. The smallest absolute Gasteiger partial charge is 0.363 e. The summed E-state index contributed by atoms with van der Waals surface area (Å²) in [6, 6.07) is 4.83. The van der Waals surface area contributed by atoms with Gasteiger partial charge < -0.3 is 10.2 Å². The van der Waals surface area contributed by atoms with E-state index in [-0.39, 0.29) is 40.9 Å². The third kappa shape index (κ3) is 5.37. The van der Waals surface area contributed by atoms with Crippen LogP contribution < -0.4 is 5.32 Å². The molecular formula is C24H27F3N6O3S. The normalized spacial score (nSPS) is 16.1. The molecule has 1 atom stereocenters. The number of carbonyl (C=O) groups is 1. The molecule has 1 aliphatic rings. The lowest BCUT2D eigenvalue weighted by atomic mass is 9.97. The molecule has 1 N–H and O–H groups in total. The number of carbonyl (C=O) groups excluding carboxylic acids is 1. The minimum Gasteiger partial charge on any atom is -0.363 e. The second-order valence-electron chi connectivity index (χ2n) is 8.96. The molecule has 1 aromatic carbocycles. The van der Waals surface area contributed by atoms with Gasteiger partial charge in [-0.3, -0.25) is 4.79 Å². The van der Waals surface area contributed by atoms with Gasteiger partial charge in [-0.15, -0.1) is 0 Å². The number of nitrogens with zero attached hydrogens (tertiary/aromatic N) is 5. The van der Waals surface area contributed by atoms with Gasteiger partial charge in [0, 0.05) is 39.3 Å². The maximum atomic E-state index is 13.4. The van der Waals surface area contributed by atoms with Gasteiger partial charge in [-0.05, 0) is 44.0 Å². The van der Waals surface area contributed by atoms with E-state index in [1.54, 1.807) is 24.8 Å². The highest BCUT2D eigenvalue weighted by Gasteiger charge is 2.34. The van der Waals surface area contributed by atoms with Crippen LogP contribution in [0.25, 0.3) is 11.0 Å². The van der Waals surface area contributed by atoms with Gasteiger partial charge in [0.05, 0.1) is 17.0 Å². The summed E-state index contributed by atoms with van der Waals surface area (Å²) in [7, 11) is -3.91. The van der Waals surface area contributed by atoms with Crippen LogP contribution in [-0.4, -0.2) is 64.7 Å². The molecule has 13 heteroatoms. The molecule has 3 aromatic rings. The Labute approximate surface area is 212 Å². The second-order valence-corrected chi connectivity index (χ2v) is 10.9. The molecule has 3 heterocycles. The summed E-state index contributed by atoms with van der Waals surface area (Å²) in [5.74, 6) is 0.516. The first-order chi connectivity index (χ1) is 17.3. The van der Waals surface area contributed by atoms with Gasteiger partial charge >= 0.3 is 6.18 Å². The van der Waals surface area contributed by atoms with Crippen LogP contribution in [0.3, 0.4) is 0 Å². The molecule has 0 bridgehead atoms. The van der Waals surface area contributed by atoms with Crippen molar-refractivity contribution in [2.75, 3.05) is 31.5 Å². The van der Waals surface area contributed by atoms with E-state index in [1.807, 2.05) is 0 Å². The fourth-order valence-electron chi connectivity index (χ4n) is 4.46. The quantitative estimate of drug-likeness (QED) is 0.530. The van der Waals surface area contributed by atoms with Gasteiger partial charge in [-0.25, -0.2) is 23.4 Å². The number of aryl methyl sites for hydroxylation is 1. The standard InChI is InChI=1S/C24H27F3N6O3S/c1-14-19(6-5-7-21(14)24(25,26)27)15(2)29-23-20-12-18(13-28-22(20)30-16(3)31-23)37(35,36)33-10-8-32(9-11-33)17(4)34/h5-7,12-13,15H,8-11H2,1-4H3,(H,28,29,30,31)/t15-/m1/s1. The fraction of sp³-hybridized carbons (Fsp3) is 0.417. The predicted octanol–water partition coefficient (Wildman–Crippen LogP) is 3.69. The van der Waals surface area contributed by atoms with Gasteiger partial charge in [0.1, 0.15) is 16.5 Å². The molecule has 1 fully saturated rings. The van der Waals surface area contributed by atoms with E-state index in [2.05, 4.69) is 20.3 Å². The largest absolute Gasteiger partial charge is 0.416 e. The van der Waals surface area contributed by atoms with E-state index < -0.39 is 27.8 Å². The molecule has 37 heavy (non-hydrogen) atoms. The van der Waals surface area contributed by atoms with Crippen LogP contribution in [0, 0.1) is 13.8 Å². The Bertz CT molecular complexity index is 1450. The first-order valence-electron chi connectivity index (χ1n) is 11.6. The Kier molecular flexibility index (Phi) is 7.12. The van der Waals surface area contributed by atoms with Gasteiger partial charge in [0.2, 0.25) is 15.9 Å². The Morgan fingerprint density at radius 1 is 1.11 bits per heavy atom. The van der Waals surface area contributed by atoms with Crippen molar-refractivity contribution in [3.63, 3.8) is 0 Å². The van der Waals surface area contributed by atoms with E-state index in [0.29, 0.717) is 29.9 Å². The van der Waals surface area contributed by atoms with Crippen molar-refractivity contribution in [2.24, 2.45) is 0 Å². The van der Waals surface area contributed by atoms with Crippen LogP contribution in [0.4, 0.5) is 19.0 Å². The maximum Gasteiger partial charge on any atom is 0.416 e. The van der Waals surface area contributed by atoms with Crippen molar-refractivity contribution in [1.29, 1.82) is 0 Å². The number of hydrogen-bond donors (Lipinski definition) is 1. The topological polar surface area (TPSA) is 108 Å². The number of fused-ring (bicyclic) bond motifs is 1. The molecule has 198 valence electrons. The Morgan fingerprint density at radius 3 is 2.41 bits per heavy atom. The monoisotopic (exact) mass is 536 g/mol. The summed E-state index contributed by atoms with van der Waals surface area (Å²) < 4.78 is 68.2. The number of benzene rings is 1. The number of sulfonamides is 1. The molecule has 1 amide bonds. The number of rotatable bonds is 5. The second kappa shape index (κ2) is 9.86. The highest BCUT2D eigenvalue weighted by Crippen LogP contribution is 2.35. The molecule has 0 aliphatic carbocycles. The Balaban J connectivity index is 1.68. The number of alkyl halides is 3. The lowest BCUT2D eigenvalue weighted by Gasteiger charge is -2.33. The summed E-state index contributed by atoms with van der Waals surface area (Å²) in [6.07, 6.45) is -3.26. The zero-order chi connectivity index (χ0) is 27.1. The average molecular weight is 537 g/mol. The van der Waals surface area contributed by atoms with Crippen molar-refractivity contribution in [2.45, 2.75) is 44.8 Å². The molecule has 1 saturated heterocycles. The Hall–Kier alpha value is -3.32. The summed E-state index contributed by atoms with van der Waals surface area (Å²) in [4.78, 5) is 26.0. The van der Waals surface area contributed by atoms with Gasteiger partial charge in [-0.2, -0.15) is 17.5 Å². The molecule has 0 spiro atoms. The van der Waals surface area contributed by atoms with E-state index >= 15 is 0 Å². The fourth-order valence-corrected chi connectivity index (χ4v) is 5.85. The number of anilines is 1. The maximum absolute atomic E-state index is 13.4.